The molecule has 0 heterocycles. The van der Waals surface area contributed by atoms with Gasteiger partial charge in [0.15, 0.2) is 0 Å². The minimum absolute atomic E-state index is 0.972. The highest BCUT2D eigenvalue weighted by Gasteiger charge is 2.08. The standard InChI is InChI=1S/C10H8/c1-2-5-9-7-4-8-10(9)6-3-1/h1-3,5-7H,4H2. The van der Waals surface area contributed by atoms with Crippen molar-refractivity contribution in [1.82, 2.24) is 0 Å². The van der Waals surface area contributed by atoms with Crippen LogP contribution < -0.4 is 0 Å². The zero-order chi connectivity index (χ0) is 6.81. The molecule has 0 aliphatic heterocycles. The third-order valence-corrected chi connectivity index (χ3v) is 1.69. The van der Waals surface area contributed by atoms with Crippen molar-refractivity contribution in [3.05, 3.63) is 54.0 Å². The van der Waals surface area contributed by atoms with Gasteiger partial charge in [-0.15, -0.1) is 0 Å². The third-order valence-electron chi connectivity index (χ3n) is 1.69. The average Bonchev–Trinajstić information content (AvgIpc) is 2.28. The molecule has 2 radical (unpaired) electrons. The number of hydrogen-bond acceptors (Lipinski definition) is 0. The van der Waals surface area contributed by atoms with E-state index in [0.717, 1.165) is 6.42 Å². The molecule has 48 valence electrons. The van der Waals surface area contributed by atoms with Gasteiger partial charge in [0.2, 0.25) is 0 Å². The van der Waals surface area contributed by atoms with Gasteiger partial charge in [-0.1, -0.05) is 36.5 Å². The first-order valence-corrected chi connectivity index (χ1v) is 3.46. The summed E-state index contributed by atoms with van der Waals surface area (Å²) >= 11 is 0. The van der Waals surface area contributed by atoms with E-state index in [2.05, 4.69) is 30.7 Å². The van der Waals surface area contributed by atoms with E-state index in [0.29, 0.717) is 0 Å². The van der Waals surface area contributed by atoms with Gasteiger partial charge in [-0.3, -0.25) is 0 Å². The van der Waals surface area contributed by atoms with Crippen molar-refractivity contribution >= 4 is 0 Å². The second kappa shape index (κ2) is 2.30. The van der Waals surface area contributed by atoms with E-state index in [-0.39, 0.29) is 0 Å². The monoisotopic (exact) mass is 128 g/mol. The number of allylic oxidation sites excluding steroid dienone is 8. The highest BCUT2D eigenvalue weighted by Crippen LogP contribution is 2.25. The number of rotatable bonds is 0. The molecule has 0 heteroatoms. The molecule has 2 rings (SSSR count). The van der Waals surface area contributed by atoms with Crippen LogP contribution in [-0.4, -0.2) is 0 Å². The van der Waals surface area contributed by atoms with Gasteiger partial charge >= 0.3 is 0 Å². The lowest BCUT2D eigenvalue weighted by Gasteiger charge is -1.93. The highest BCUT2D eigenvalue weighted by molar-refractivity contribution is 5.52. The van der Waals surface area contributed by atoms with Crippen LogP contribution in [0.2, 0.25) is 0 Å². The van der Waals surface area contributed by atoms with Crippen molar-refractivity contribution in [2.75, 3.05) is 0 Å². The van der Waals surface area contributed by atoms with Gasteiger partial charge in [-0.05, 0) is 17.6 Å². The van der Waals surface area contributed by atoms with E-state index in [1.807, 2.05) is 12.2 Å². The van der Waals surface area contributed by atoms with Crippen molar-refractivity contribution in [3.8, 4) is 0 Å². The first kappa shape index (κ1) is 5.72. The molecule has 0 nitrogen and oxygen atoms in total. The molecule has 0 fully saturated rings. The molecular weight excluding hydrogens is 120 g/mol. The Bertz CT molecular complexity index is 249. The van der Waals surface area contributed by atoms with Gasteiger partial charge in [0.25, 0.3) is 0 Å². The topological polar surface area (TPSA) is 0 Å². The molecule has 0 spiro atoms. The van der Waals surface area contributed by atoms with Crippen molar-refractivity contribution in [2.45, 2.75) is 6.42 Å². The first-order chi connectivity index (χ1) is 4.97. The predicted molar refractivity (Wildman–Crippen MR) is 42.3 cm³/mol. The van der Waals surface area contributed by atoms with E-state index in [9.17, 15) is 0 Å². The average molecular weight is 128 g/mol. The summed E-state index contributed by atoms with van der Waals surface area (Å²) in [6.45, 7) is 0. The van der Waals surface area contributed by atoms with E-state index in [1.54, 1.807) is 0 Å². The molecule has 0 saturated heterocycles. The second-order valence-electron chi connectivity index (χ2n) is 2.36. The van der Waals surface area contributed by atoms with Crippen LogP contribution in [0.4, 0.5) is 0 Å². The summed E-state index contributed by atoms with van der Waals surface area (Å²) in [7, 11) is 0. The predicted octanol–water partition coefficient (Wildman–Crippen LogP) is 2.45. The minimum Gasteiger partial charge on any atom is -0.0760 e. The summed E-state index contributed by atoms with van der Waals surface area (Å²) in [5.41, 5.74) is 2.55. The molecule has 0 aromatic rings. The largest absolute Gasteiger partial charge is 0.0760 e. The Labute approximate surface area is 61.3 Å². The van der Waals surface area contributed by atoms with Gasteiger partial charge in [-0.25, -0.2) is 0 Å². The van der Waals surface area contributed by atoms with Gasteiger partial charge in [0, 0.05) is 6.42 Å². The van der Waals surface area contributed by atoms with E-state index >= 15 is 0 Å². The molecule has 0 atom stereocenters. The fraction of sp³-hybridized carbons (Fsp3) is 0.100. The third kappa shape index (κ3) is 0.860. The van der Waals surface area contributed by atoms with Crippen LogP contribution in [0.3, 0.4) is 0 Å². The molecule has 2 aliphatic rings. The van der Waals surface area contributed by atoms with Gasteiger partial charge < -0.3 is 0 Å². The maximum Gasteiger partial charge on any atom is 0.0211 e. The maximum atomic E-state index is 3.26. The van der Waals surface area contributed by atoms with Crippen LogP contribution in [0, 0.1) is 6.42 Å². The summed E-state index contributed by atoms with van der Waals surface area (Å²) in [5.74, 6) is 0. The lowest BCUT2D eigenvalue weighted by Crippen LogP contribution is -1.76. The smallest absolute Gasteiger partial charge is 0.0211 e. The highest BCUT2D eigenvalue weighted by atomic mass is 14.1. The lowest BCUT2D eigenvalue weighted by molar-refractivity contribution is 1.32. The van der Waals surface area contributed by atoms with E-state index < -0.39 is 0 Å². The van der Waals surface area contributed by atoms with Crippen LogP contribution >= 0.6 is 0 Å². The minimum atomic E-state index is 0.972. The lowest BCUT2D eigenvalue weighted by atomic mass is 10.1. The van der Waals surface area contributed by atoms with Crippen LogP contribution in [0.1, 0.15) is 6.42 Å². The molecule has 0 bridgehead atoms. The number of fused-ring (bicyclic) bond motifs is 1. The quantitative estimate of drug-likeness (QED) is 0.470. The Morgan fingerprint density at radius 3 is 3.20 bits per heavy atom. The molecule has 2 aliphatic carbocycles. The summed E-state index contributed by atoms with van der Waals surface area (Å²) in [4.78, 5) is 0. The Kier molecular flexibility index (Phi) is 1.31. The molecule has 0 N–H and O–H groups in total. The molecule has 0 unspecified atom stereocenters. The van der Waals surface area contributed by atoms with Gasteiger partial charge in [-0.2, -0.15) is 0 Å². The molecule has 10 heavy (non-hydrogen) atoms. The Morgan fingerprint density at radius 1 is 1.20 bits per heavy atom. The van der Waals surface area contributed by atoms with E-state index in [1.165, 1.54) is 11.1 Å². The summed E-state index contributed by atoms with van der Waals surface area (Å²) in [6, 6.07) is 0. The molecule has 0 aromatic heterocycles. The fourth-order valence-electron chi connectivity index (χ4n) is 1.17. The Balaban J connectivity index is 2.42. The van der Waals surface area contributed by atoms with Crippen LogP contribution in [-0.2, 0) is 0 Å². The fourth-order valence-corrected chi connectivity index (χ4v) is 1.17. The summed E-state index contributed by atoms with van der Waals surface area (Å²) < 4.78 is 0. The molecule has 0 aromatic carbocycles. The van der Waals surface area contributed by atoms with Gasteiger partial charge in [0.1, 0.15) is 0 Å². The zero-order valence-electron chi connectivity index (χ0n) is 5.67. The van der Waals surface area contributed by atoms with Crippen LogP contribution in [0.15, 0.2) is 47.6 Å². The molecule has 0 saturated carbocycles. The van der Waals surface area contributed by atoms with Crippen molar-refractivity contribution in [1.29, 1.82) is 0 Å². The van der Waals surface area contributed by atoms with Crippen molar-refractivity contribution in [2.24, 2.45) is 0 Å². The van der Waals surface area contributed by atoms with Crippen LogP contribution in [0.25, 0.3) is 0 Å². The maximum absolute atomic E-state index is 3.26. The molecular formula is C10H8. The molecule has 0 amide bonds. The first-order valence-electron chi connectivity index (χ1n) is 3.46. The Hall–Kier alpha value is -1.04. The van der Waals surface area contributed by atoms with Crippen molar-refractivity contribution in [3.63, 3.8) is 0 Å². The van der Waals surface area contributed by atoms with Crippen molar-refractivity contribution < 1.29 is 0 Å². The second-order valence-corrected chi connectivity index (χ2v) is 2.36. The number of hydrogen-bond donors (Lipinski definition) is 0. The van der Waals surface area contributed by atoms with E-state index in [4.69, 9.17) is 0 Å². The van der Waals surface area contributed by atoms with Gasteiger partial charge in [0.05, 0.1) is 0 Å². The van der Waals surface area contributed by atoms with Crippen LogP contribution in [0.5, 0.6) is 0 Å². The SMILES string of the molecule is [C]1CC=C2C=CC=CC=C12. The Morgan fingerprint density at radius 2 is 2.20 bits per heavy atom. The normalized spacial score (nSPS) is 21.6. The zero-order valence-corrected chi connectivity index (χ0v) is 5.67. The summed E-state index contributed by atoms with van der Waals surface area (Å²) in [5, 5.41) is 0. The summed E-state index contributed by atoms with van der Waals surface area (Å²) in [6.07, 6.45) is 16.8.